The van der Waals surface area contributed by atoms with Crippen LogP contribution in [0.25, 0.3) is 0 Å². The molecule has 5 rings (SSSR count). The van der Waals surface area contributed by atoms with Crippen LogP contribution in [0.5, 0.6) is 0 Å². The van der Waals surface area contributed by atoms with Gasteiger partial charge >= 0.3 is 12.1 Å². The molecule has 198 valence electrons. The average molecular weight is 519 g/mol. The van der Waals surface area contributed by atoms with E-state index in [2.05, 4.69) is 5.10 Å². The number of aromatic nitrogens is 2. The van der Waals surface area contributed by atoms with Gasteiger partial charge in [0.1, 0.15) is 0 Å². The normalized spacial score (nSPS) is 23.5. The zero-order chi connectivity index (χ0) is 26.3. The number of carbonyl (C=O) groups excluding carboxylic acids is 2. The summed E-state index contributed by atoms with van der Waals surface area (Å²) >= 11 is 0. The quantitative estimate of drug-likeness (QED) is 0.651. The molecule has 2 amide bonds. The van der Waals surface area contributed by atoms with Crippen LogP contribution >= 0.6 is 0 Å². The summed E-state index contributed by atoms with van der Waals surface area (Å²) in [5.74, 6) is -1.59. The van der Waals surface area contributed by atoms with Crippen molar-refractivity contribution in [3.63, 3.8) is 0 Å². The van der Waals surface area contributed by atoms with E-state index in [1.54, 1.807) is 21.7 Å². The maximum Gasteiger partial charge on any atom is 0.416 e. The van der Waals surface area contributed by atoms with Gasteiger partial charge in [-0.1, -0.05) is 18.2 Å². The number of aryl methyl sites for hydroxylation is 1. The van der Waals surface area contributed by atoms with Crippen molar-refractivity contribution in [1.29, 1.82) is 0 Å². The number of hydrogen-bond acceptors (Lipinski definition) is 4. The SMILES string of the molecule is O=C(O)C1CC2CCCC(C1)N2C(=O)c1cc2n(n1)CCN(C(=O)CCc1cccc(C(F)(F)F)c1)C2. The van der Waals surface area contributed by atoms with Gasteiger partial charge in [0.15, 0.2) is 5.69 Å². The van der Waals surface area contributed by atoms with Gasteiger partial charge in [-0.3, -0.25) is 19.1 Å². The molecule has 8 nitrogen and oxygen atoms in total. The van der Waals surface area contributed by atoms with E-state index in [1.165, 1.54) is 6.07 Å². The number of rotatable bonds is 5. The molecule has 2 fully saturated rings. The van der Waals surface area contributed by atoms with Gasteiger partial charge < -0.3 is 14.9 Å². The van der Waals surface area contributed by atoms with Crippen molar-refractivity contribution < 1.29 is 32.7 Å². The molecule has 3 aliphatic heterocycles. The summed E-state index contributed by atoms with van der Waals surface area (Å²) in [6.45, 7) is 1.10. The first-order valence-corrected chi connectivity index (χ1v) is 12.7. The fourth-order valence-corrected chi connectivity index (χ4v) is 5.94. The van der Waals surface area contributed by atoms with E-state index in [9.17, 15) is 32.7 Å². The van der Waals surface area contributed by atoms with Gasteiger partial charge in [-0.15, -0.1) is 0 Å². The minimum absolute atomic E-state index is 0.0864. The molecule has 3 aliphatic rings. The minimum atomic E-state index is -4.43. The maximum atomic E-state index is 13.4. The van der Waals surface area contributed by atoms with Crippen LogP contribution in [0.1, 0.15) is 65.8 Å². The monoisotopic (exact) mass is 518 g/mol. The lowest BCUT2D eigenvalue weighted by molar-refractivity contribution is -0.145. The molecular formula is C26H29F3N4O4. The molecular weight excluding hydrogens is 489 g/mol. The first kappa shape index (κ1) is 25.3. The Labute approximate surface area is 212 Å². The molecule has 0 saturated carbocycles. The summed E-state index contributed by atoms with van der Waals surface area (Å²) in [6.07, 6.45) is -0.672. The van der Waals surface area contributed by atoms with Gasteiger partial charge in [-0.2, -0.15) is 18.3 Å². The van der Waals surface area contributed by atoms with Crippen molar-refractivity contribution in [2.24, 2.45) is 5.92 Å². The summed E-state index contributed by atoms with van der Waals surface area (Å²) in [5, 5.41) is 14.0. The Morgan fingerprint density at radius 3 is 2.46 bits per heavy atom. The van der Waals surface area contributed by atoms with E-state index in [-0.39, 0.29) is 43.3 Å². The predicted molar refractivity (Wildman–Crippen MR) is 125 cm³/mol. The molecule has 4 heterocycles. The van der Waals surface area contributed by atoms with Gasteiger partial charge in [0, 0.05) is 25.0 Å². The van der Waals surface area contributed by atoms with Crippen molar-refractivity contribution in [3.05, 3.63) is 52.8 Å². The third-order valence-electron chi connectivity index (χ3n) is 7.81. The van der Waals surface area contributed by atoms with Gasteiger partial charge in [-0.05, 0) is 56.2 Å². The Bertz CT molecular complexity index is 1200. The minimum Gasteiger partial charge on any atom is -0.481 e. The molecule has 2 bridgehead atoms. The van der Waals surface area contributed by atoms with E-state index < -0.39 is 23.6 Å². The van der Waals surface area contributed by atoms with E-state index >= 15 is 0 Å². The molecule has 2 unspecified atom stereocenters. The van der Waals surface area contributed by atoms with Crippen LogP contribution in [0.3, 0.4) is 0 Å². The van der Waals surface area contributed by atoms with Crippen LogP contribution in [0.15, 0.2) is 30.3 Å². The summed E-state index contributed by atoms with van der Waals surface area (Å²) < 4.78 is 40.6. The molecule has 2 saturated heterocycles. The van der Waals surface area contributed by atoms with Crippen molar-refractivity contribution >= 4 is 17.8 Å². The van der Waals surface area contributed by atoms with Crippen molar-refractivity contribution in [2.45, 2.75) is 76.3 Å². The smallest absolute Gasteiger partial charge is 0.416 e. The number of carboxylic acid groups (broad SMARTS) is 1. The fraction of sp³-hybridized carbons (Fsp3) is 0.538. The number of piperidine rings is 2. The average Bonchev–Trinajstić information content (AvgIpc) is 3.29. The molecule has 11 heteroatoms. The van der Waals surface area contributed by atoms with Crippen LogP contribution < -0.4 is 0 Å². The first-order chi connectivity index (χ1) is 17.6. The largest absolute Gasteiger partial charge is 0.481 e. The maximum absolute atomic E-state index is 13.4. The van der Waals surface area contributed by atoms with Gasteiger partial charge in [0.2, 0.25) is 5.91 Å². The third-order valence-corrected chi connectivity index (χ3v) is 7.81. The Balaban J connectivity index is 1.22. The number of amides is 2. The van der Waals surface area contributed by atoms with Crippen LogP contribution in [-0.2, 0) is 35.3 Å². The summed E-state index contributed by atoms with van der Waals surface area (Å²) in [4.78, 5) is 41.3. The Kier molecular flexibility index (Phi) is 6.72. The highest BCUT2D eigenvalue weighted by atomic mass is 19.4. The number of carboxylic acids is 1. The van der Waals surface area contributed by atoms with Crippen molar-refractivity contribution in [1.82, 2.24) is 19.6 Å². The van der Waals surface area contributed by atoms with Crippen LogP contribution in [0, 0.1) is 5.92 Å². The van der Waals surface area contributed by atoms with Gasteiger partial charge in [0.05, 0.1) is 30.3 Å². The molecule has 2 atom stereocenters. The third kappa shape index (κ3) is 5.21. The number of hydrogen-bond donors (Lipinski definition) is 1. The molecule has 1 aromatic carbocycles. The van der Waals surface area contributed by atoms with Gasteiger partial charge in [-0.25, -0.2) is 0 Å². The Morgan fingerprint density at radius 2 is 1.78 bits per heavy atom. The number of benzene rings is 1. The van der Waals surface area contributed by atoms with E-state index in [0.29, 0.717) is 37.2 Å². The standard InChI is InChI=1S/C26H29F3N4O4/c27-26(28,29)18-4-1-3-16(11-18)7-8-23(34)31-9-10-32-21(15-31)14-22(30-32)24(35)33-19-5-2-6-20(33)13-17(12-19)25(36)37/h1,3-4,11,14,17,19-20H,2,5-10,12-13,15H2,(H,36,37). The number of nitrogens with zero attached hydrogens (tertiary/aromatic N) is 4. The highest BCUT2D eigenvalue weighted by Crippen LogP contribution is 2.38. The molecule has 0 spiro atoms. The molecule has 1 aromatic heterocycles. The Morgan fingerprint density at radius 1 is 1.05 bits per heavy atom. The molecule has 1 N–H and O–H groups in total. The lowest BCUT2D eigenvalue weighted by atomic mass is 9.78. The zero-order valence-corrected chi connectivity index (χ0v) is 20.3. The zero-order valence-electron chi connectivity index (χ0n) is 20.3. The van der Waals surface area contributed by atoms with Crippen molar-refractivity contribution in [2.75, 3.05) is 6.54 Å². The predicted octanol–water partition coefficient (Wildman–Crippen LogP) is 3.73. The first-order valence-electron chi connectivity index (χ1n) is 12.7. The van der Waals surface area contributed by atoms with Gasteiger partial charge in [0.25, 0.3) is 5.91 Å². The molecule has 2 aromatic rings. The number of halogens is 3. The second kappa shape index (κ2) is 9.83. The van der Waals surface area contributed by atoms with Crippen molar-refractivity contribution in [3.8, 4) is 0 Å². The lowest BCUT2D eigenvalue weighted by Crippen LogP contribution is -2.55. The fourth-order valence-electron chi connectivity index (χ4n) is 5.94. The van der Waals surface area contributed by atoms with Crippen LogP contribution in [0.4, 0.5) is 13.2 Å². The van der Waals surface area contributed by atoms with E-state index in [1.807, 2.05) is 4.90 Å². The van der Waals surface area contributed by atoms with E-state index in [0.717, 1.165) is 37.1 Å². The summed E-state index contributed by atoms with van der Waals surface area (Å²) in [6, 6.07) is 6.51. The molecule has 0 aliphatic carbocycles. The van der Waals surface area contributed by atoms with Crippen LogP contribution in [-0.4, -0.2) is 61.1 Å². The van der Waals surface area contributed by atoms with E-state index in [4.69, 9.17) is 0 Å². The molecule has 0 radical (unpaired) electrons. The Hall–Kier alpha value is -3.37. The summed E-state index contributed by atoms with van der Waals surface area (Å²) in [7, 11) is 0. The number of aliphatic carboxylic acids is 1. The number of carbonyl (C=O) groups is 3. The second-order valence-corrected chi connectivity index (χ2v) is 10.2. The number of alkyl halides is 3. The van der Waals surface area contributed by atoms with Crippen LogP contribution in [0.2, 0.25) is 0 Å². The topological polar surface area (TPSA) is 95.7 Å². The number of fused-ring (bicyclic) bond motifs is 3. The highest BCUT2D eigenvalue weighted by Gasteiger charge is 2.44. The summed E-state index contributed by atoms with van der Waals surface area (Å²) in [5.41, 5.74) is 0.759. The lowest BCUT2D eigenvalue weighted by Gasteiger charge is -2.47. The highest BCUT2D eigenvalue weighted by molar-refractivity contribution is 5.93. The molecule has 37 heavy (non-hydrogen) atoms. The second-order valence-electron chi connectivity index (χ2n) is 10.2.